The Hall–Kier alpha value is -2.53. The minimum absolute atomic E-state index is 0.0796. The number of carbonyl (C=O) groups is 2. The number of nitrogens with zero attached hydrogens (tertiary/aromatic N) is 2. The SMILES string of the molecule is CCOC(=O)C(C#N)=C1SC(Cc2ccc(Cl)cc2Cl)C(=O)N1c1ccc(F)cc1. The number of amides is 1. The molecule has 0 bridgehead atoms. The molecule has 30 heavy (non-hydrogen) atoms. The van der Waals surface area contributed by atoms with Gasteiger partial charge in [-0.3, -0.25) is 9.69 Å². The highest BCUT2D eigenvalue weighted by molar-refractivity contribution is 8.05. The summed E-state index contributed by atoms with van der Waals surface area (Å²) in [6.07, 6.45) is 0.252. The number of ether oxygens (including phenoxy) is 1. The van der Waals surface area contributed by atoms with Crippen molar-refractivity contribution < 1.29 is 18.7 Å². The minimum Gasteiger partial charge on any atom is -0.462 e. The van der Waals surface area contributed by atoms with Crippen molar-refractivity contribution in [3.8, 4) is 6.07 Å². The number of anilines is 1. The summed E-state index contributed by atoms with van der Waals surface area (Å²) in [6.45, 7) is 1.70. The Labute approximate surface area is 187 Å². The fourth-order valence-electron chi connectivity index (χ4n) is 2.89. The third-order valence-corrected chi connectivity index (χ3v) is 6.11. The van der Waals surface area contributed by atoms with Crippen LogP contribution in [-0.2, 0) is 20.7 Å². The van der Waals surface area contributed by atoms with Crippen molar-refractivity contribution in [3.05, 3.63) is 74.5 Å². The van der Waals surface area contributed by atoms with Crippen LogP contribution in [0.3, 0.4) is 0 Å². The predicted molar refractivity (Wildman–Crippen MR) is 115 cm³/mol. The maximum atomic E-state index is 13.4. The fourth-order valence-corrected chi connectivity index (χ4v) is 4.66. The second-order valence-electron chi connectivity index (χ2n) is 6.21. The van der Waals surface area contributed by atoms with Crippen molar-refractivity contribution in [2.45, 2.75) is 18.6 Å². The largest absolute Gasteiger partial charge is 0.462 e. The highest BCUT2D eigenvalue weighted by Crippen LogP contribution is 2.42. The van der Waals surface area contributed by atoms with Gasteiger partial charge in [-0.2, -0.15) is 5.26 Å². The number of hydrogen-bond acceptors (Lipinski definition) is 5. The Morgan fingerprint density at radius 1 is 1.27 bits per heavy atom. The summed E-state index contributed by atoms with van der Waals surface area (Å²) in [4.78, 5) is 26.8. The summed E-state index contributed by atoms with van der Waals surface area (Å²) < 4.78 is 18.4. The summed E-state index contributed by atoms with van der Waals surface area (Å²) >= 11 is 13.2. The molecule has 1 aliphatic heterocycles. The molecule has 1 amide bonds. The molecule has 1 atom stereocenters. The van der Waals surface area contributed by atoms with Gasteiger partial charge >= 0.3 is 5.97 Å². The van der Waals surface area contributed by atoms with Crippen LogP contribution in [0.1, 0.15) is 12.5 Å². The second-order valence-corrected chi connectivity index (χ2v) is 8.24. The molecular formula is C21H15Cl2FN2O3S. The monoisotopic (exact) mass is 464 g/mol. The van der Waals surface area contributed by atoms with Crippen molar-refractivity contribution in [1.29, 1.82) is 5.26 Å². The van der Waals surface area contributed by atoms with Crippen LogP contribution in [0.25, 0.3) is 0 Å². The molecule has 154 valence electrons. The maximum Gasteiger partial charge on any atom is 0.351 e. The Balaban J connectivity index is 2.04. The Bertz CT molecular complexity index is 1070. The van der Waals surface area contributed by atoms with Gasteiger partial charge in [0.1, 0.15) is 16.9 Å². The Morgan fingerprint density at radius 2 is 1.97 bits per heavy atom. The quantitative estimate of drug-likeness (QED) is 0.348. The van der Waals surface area contributed by atoms with Crippen LogP contribution >= 0.6 is 35.0 Å². The molecule has 1 heterocycles. The zero-order valence-electron chi connectivity index (χ0n) is 15.7. The summed E-state index contributed by atoms with van der Waals surface area (Å²) in [6, 6.07) is 12.0. The second kappa shape index (κ2) is 9.52. The molecule has 0 saturated carbocycles. The van der Waals surface area contributed by atoms with Crippen LogP contribution in [0.5, 0.6) is 0 Å². The van der Waals surface area contributed by atoms with Crippen LogP contribution < -0.4 is 4.90 Å². The number of thioether (sulfide) groups is 1. The molecule has 0 aromatic heterocycles. The van der Waals surface area contributed by atoms with Crippen molar-refractivity contribution >= 4 is 52.5 Å². The van der Waals surface area contributed by atoms with Crippen LogP contribution in [-0.4, -0.2) is 23.7 Å². The first-order chi connectivity index (χ1) is 14.3. The number of nitriles is 1. The third kappa shape index (κ3) is 4.62. The predicted octanol–water partition coefficient (Wildman–Crippen LogP) is 5.12. The molecule has 9 heteroatoms. The Morgan fingerprint density at radius 3 is 2.57 bits per heavy atom. The van der Waals surface area contributed by atoms with Crippen molar-refractivity contribution in [3.63, 3.8) is 0 Å². The van der Waals surface area contributed by atoms with E-state index >= 15 is 0 Å². The van der Waals surface area contributed by atoms with E-state index in [9.17, 15) is 19.2 Å². The standard InChI is InChI=1S/C21H15Cl2FN2O3S/c1-2-29-21(28)16(11-25)20-26(15-7-5-14(24)6-8-15)19(27)18(30-20)9-12-3-4-13(22)10-17(12)23/h3-8,10,18H,2,9H2,1H3. The molecule has 0 radical (unpaired) electrons. The highest BCUT2D eigenvalue weighted by Gasteiger charge is 2.41. The van der Waals surface area contributed by atoms with Gasteiger partial charge in [-0.15, -0.1) is 0 Å². The molecule has 1 unspecified atom stereocenters. The molecule has 1 fully saturated rings. The van der Waals surface area contributed by atoms with E-state index in [1.54, 1.807) is 25.1 Å². The molecule has 1 saturated heterocycles. The smallest absolute Gasteiger partial charge is 0.351 e. The van der Waals surface area contributed by atoms with Crippen molar-refractivity contribution in [1.82, 2.24) is 0 Å². The number of rotatable bonds is 5. The van der Waals surface area contributed by atoms with E-state index in [2.05, 4.69) is 0 Å². The number of carbonyl (C=O) groups excluding carboxylic acids is 2. The normalized spacial score (nSPS) is 17.6. The van der Waals surface area contributed by atoms with Gasteiger partial charge in [0.05, 0.1) is 11.9 Å². The van der Waals surface area contributed by atoms with Gasteiger partial charge < -0.3 is 4.74 Å². The van der Waals surface area contributed by atoms with E-state index in [1.165, 1.54) is 29.2 Å². The van der Waals surface area contributed by atoms with Crippen LogP contribution in [0.15, 0.2) is 53.1 Å². The molecule has 0 spiro atoms. The topological polar surface area (TPSA) is 70.4 Å². The van der Waals surface area contributed by atoms with E-state index in [-0.39, 0.29) is 29.5 Å². The third-order valence-electron chi connectivity index (χ3n) is 4.26. The van der Waals surface area contributed by atoms with Gasteiger partial charge in [-0.05, 0) is 55.3 Å². The Kier molecular flexibility index (Phi) is 7.03. The lowest BCUT2D eigenvalue weighted by atomic mass is 10.1. The van der Waals surface area contributed by atoms with Crippen LogP contribution in [0.4, 0.5) is 10.1 Å². The molecule has 0 aliphatic carbocycles. The minimum atomic E-state index is -0.826. The zero-order valence-corrected chi connectivity index (χ0v) is 18.0. The first-order valence-electron chi connectivity index (χ1n) is 8.87. The van der Waals surface area contributed by atoms with Crippen LogP contribution in [0, 0.1) is 17.1 Å². The van der Waals surface area contributed by atoms with E-state index in [1.807, 2.05) is 6.07 Å². The fraction of sp³-hybridized carbons (Fsp3) is 0.190. The molecule has 1 aliphatic rings. The van der Waals surface area contributed by atoms with Gasteiger partial charge in [-0.25, -0.2) is 9.18 Å². The van der Waals surface area contributed by atoms with E-state index < -0.39 is 17.0 Å². The maximum absolute atomic E-state index is 13.4. The lowest BCUT2D eigenvalue weighted by Crippen LogP contribution is -2.30. The van der Waals surface area contributed by atoms with Crippen LogP contribution in [0.2, 0.25) is 10.0 Å². The summed E-state index contributed by atoms with van der Waals surface area (Å²) in [5, 5.41) is 9.94. The average molecular weight is 465 g/mol. The van der Waals surface area contributed by atoms with E-state index in [4.69, 9.17) is 27.9 Å². The number of hydrogen-bond donors (Lipinski definition) is 0. The van der Waals surface area contributed by atoms with Gasteiger partial charge in [0, 0.05) is 15.7 Å². The van der Waals surface area contributed by atoms with Crippen molar-refractivity contribution in [2.24, 2.45) is 0 Å². The lowest BCUT2D eigenvalue weighted by Gasteiger charge is -2.18. The molecule has 0 N–H and O–H groups in total. The summed E-state index contributed by atoms with van der Waals surface area (Å²) in [5.41, 5.74) is 0.747. The average Bonchev–Trinajstić information content (AvgIpc) is 3.01. The highest BCUT2D eigenvalue weighted by atomic mass is 35.5. The molecular weight excluding hydrogens is 450 g/mol. The van der Waals surface area contributed by atoms with Gasteiger partial charge in [0.15, 0.2) is 5.57 Å². The summed E-state index contributed by atoms with van der Waals surface area (Å²) in [7, 11) is 0. The van der Waals surface area contributed by atoms with Gasteiger partial charge in [0.2, 0.25) is 5.91 Å². The van der Waals surface area contributed by atoms with E-state index in [0.717, 1.165) is 11.8 Å². The first-order valence-corrected chi connectivity index (χ1v) is 10.5. The molecule has 3 rings (SSSR count). The zero-order chi connectivity index (χ0) is 21.8. The molecule has 2 aromatic rings. The number of halogens is 3. The first kappa shape index (κ1) is 22.2. The van der Waals surface area contributed by atoms with Gasteiger partial charge in [-0.1, -0.05) is 41.0 Å². The summed E-state index contributed by atoms with van der Waals surface area (Å²) in [5.74, 6) is -1.66. The van der Waals surface area contributed by atoms with E-state index in [0.29, 0.717) is 21.3 Å². The molecule has 2 aromatic carbocycles. The molecule has 5 nitrogen and oxygen atoms in total. The number of benzene rings is 2. The number of esters is 1. The van der Waals surface area contributed by atoms with Gasteiger partial charge in [0.25, 0.3) is 0 Å². The lowest BCUT2D eigenvalue weighted by molar-refractivity contribution is -0.138. The van der Waals surface area contributed by atoms with Crippen molar-refractivity contribution in [2.75, 3.05) is 11.5 Å².